The molecule has 0 saturated heterocycles. The predicted molar refractivity (Wildman–Crippen MR) is 136 cm³/mol. The summed E-state index contributed by atoms with van der Waals surface area (Å²) < 4.78 is 48.9. The van der Waals surface area contributed by atoms with Crippen molar-refractivity contribution in [1.29, 1.82) is 0 Å². The zero-order valence-electron chi connectivity index (χ0n) is 20.3. The van der Waals surface area contributed by atoms with E-state index in [1.807, 2.05) is 0 Å². The van der Waals surface area contributed by atoms with Crippen LogP contribution in [-0.2, 0) is 14.8 Å². The van der Waals surface area contributed by atoms with E-state index in [0.717, 1.165) is 4.31 Å². The summed E-state index contributed by atoms with van der Waals surface area (Å²) in [5.41, 5.74) is 3.17. The summed E-state index contributed by atoms with van der Waals surface area (Å²) in [6.45, 7) is -0.538. The summed E-state index contributed by atoms with van der Waals surface area (Å²) >= 11 is 0. The van der Waals surface area contributed by atoms with Gasteiger partial charge in [0.1, 0.15) is 18.0 Å². The minimum Gasteiger partial charge on any atom is -0.497 e. The Balaban J connectivity index is 1.88. The zero-order chi connectivity index (χ0) is 26.1. The Labute approximate surface area is 210 Å². The van der Waals surface area contributed by atoms with Gasteiger partial charge in [-0.3, -0.25) is 9.10 Å². The van der Waals surface area contributed by atoms with Crippen molar-refractivity contribution in [3.8, 4) is 23.0 Å². The summed E-state index contributed by atoms with van der Waals surface area (Å²) in [7, 11) is 1.85. The molecular weight excluding hydrogens is 486 g/mol. The molecule has 36 heavy (non-hydrogen) atoms. The molecule has 0 aromatic heterocycles. The third kappa shape index (κ3) is 6.05. The van der Waals surface area contributed by atoms with Gasteiger partial charge in [0.25, 0.3) is 15.9 Å². The molecule has 3 rings (SSSR count). The van der Waals surface area contributed by atoms with E-state index in [0.29, 0.717) is 28.6 Å². The Kier molecular flexibility index (Phi) is 8.74. The van der Waals surface area contributed by atoms with Gasteiger partial charge in [-0.05, 0) is 36.4 Å². The second-order valence-corrected chi connectivity index (χ2v) is 9.13. The van der Waals surface area contributed by atoms with E-state index in [1.54, 1.807) is 42.5 Å². The minimum atomic E-state index is -4.10. The lowest BCUT2D eigenvalue weighted by Crippen LogP contribution is -2.39. The number of carbonyl (C=O) groups excluding carboxylic acids is 1. The number of carbonyl (C=O) groups is 1. The fourth-order valence-corrected chi connectivity index (χ4v) is 4.71. The van der Waals surface area contributed by atoms with Crippen LogP contribution in [0.2, 0.25) is 0 Å². The van der Waals surface area contributed by atoms with Gasteiger partial charge >= 0.3 is 0 Å². The van der Waals surface area contributed by atoms with Crippen LogP contribution in [0.5, 0.6) is 23.0 Å². The minimum absolute atomic E-state index is 0.0269. The lowest BCUT2D eigenvalue weighted by molar-refractivity contribution is -0.119. The van der Waals surface area contributed by atoms with Gasteiger partial charge in [-0.25, -0.2) is 13.8 Å². The fraction of sp³-hybridized carbons (Fsp3) is 0.200. The molecule has 190 valence electrons. The fourth-order valence-electron chi connectivity index (χ4n) is 3.28. The summed E-state index contributed by atoms with van der Waals surface area (Å²) in [5.74, 6) is 1.16. The molecule has 0 unspecified atom stereocenters. The van der Waals surface area contributed by atoms with Crippen LogP contribution >= 0.6 is 0 Å². The summed E-state index contributed by atoms with van der Waals surface area (Å²) in [6.07, 6.45) is 1.39. The van der Waals surface area contributed by atoms with Crippen molar-refractivity contribution in [3.63, 3.8) is 0 Å². The van der Waals surface area contributed by atoms with Gasteiger partial charge in [0.05, 0.1) is 45.2 Å². The molecule has 0 aliphatic heterocycles. The number of hydrogen-bond donors (Lipinski definition) is 1. The highest BCUT2D eigenvalue weighted by Gasteiger charge is 2.28. The molecular formula is C25H27N3O7S. The van der Waals surface area contributed by atoms with Gasteiger partial charge in [-0.1, -0.05) is 18.2 Å². The average molecular weight is 514 g/mol. The maximum atomic E-state index is 13.5. The number of rotatable bonds is 11. The van der Waals surface area contributed by atoms with Crippen molar-refractivity contribution in [1.82, 2.24) is 5.43 Å². The Hall–Kier alpha value is -4.25. The SMILES string of the molecule is COc1ccc(/C=N\NC(=O)CN(c2ccc(OC)c(OC)c2)S(=O)(=O)c2ccccc2)c(OC)c1. The van der Waals surface area contributed by atoms with Crippen molar-refractivity contribution in [2.75, 3.05) is 39.3 Å². The van der Waals surface area contributed by atoms with Crippen LogP contribution in [0.25, 0.3) is 0 Å². The van der Waals surface area contributed by atoms with Crippen LogP contribution in [0, 0.1) is 0 Å². The van der Waals surface area contributed by atoms with Gasteiger partial charge in [0.2, 0.25) is 0 Å². The Morgan fingerprint density at radius 3 is 2.19 bits per heavy atom. The van der Waals surface area contributed by atoms with Gasteiger partial charge in [-0.2, -0.15) is 5.10 Å². The lowest BCUT2D eigenvalue weighted by atomic mass is 10.2. The predicted octanol–water partition coefficient (Wildman–Crippen LogP) is 3.07. The highest BCUT2D eigenvalue weighted by molar-refractivity contribution is 7.92. The van der Waals surface area contributed by atoms with Crippen LogP contribution in [0.3, 0.4) is 0 Å². The standard InChI is InChI=1S/C25H27N3O7S/c1-32-20-12-10-18(23(15-20)34-3)16-26-27-25(29)17-28(36(30,31)21-8-6-5-7-9-21)19-11-13-22(33-2)24(14-19)35-4/h5-16H,17H2,1-4H3,(H,27,29)/b26-16-. The number of benzene rings is 3. The second kappa shape index (κ2) is 11.9. The quantitative estimate of drug-likeness (QED) is 0.309. The van der Waals surface area contributed by atoms with Crippen molar-refractivity contribution in [2.45, 2.75) is 4.90 Å². The number of sulfonamides is 1. The average Bonchev–Trinajstić information content (AvgIpc) is 2.91. The molecule has 0 radical (unpaired) electrons. The van der Waals surface area contributed by atoms with Crippen LogP contribution in [0.1, 0.15) is 5.56 Å². The topological polar surface area (TPSA) is 116 Å². The third-order valence-corrected chi connectivity index (χ3v) is 6.90. The van der Waals surface area contributed by atoms with Gasteiger partial charge < -0.3 is 18.9 Å². The van der Waals surface area contributed by atoms with Gasteiger partial charge in [-0.15, -0.1) is 0 Å². The maximum Gasteiger partial charge on any atom is 0.264 e. The highest BCUT2D eigenvalue weighted by Crippen LogP contribution is 2.33. The monoisotopic (exact) mass is 513 g/mol. The van der Waals surface area contributed by atoms with E-state index in [1.165, 1.54) is 58.9 Å². The first kappa shape index (κ1) is 26.4. The summed E-state index contributed by atoms with van der Waals surface area (Å²) in [6, 6.07) is 17.5. The van der Waals surface area contributed by atoms with Crippen LogP contribution < -0.4 is 28.7 Å². The number of hydrogen-bond acceptors (Lipinski definition) is 8. The Morgan fingerprint density at radius 2 is 1.56 bits per heavy atom. The van der Waals surface area contributed by atoms with E-state index >= 15 is 0 Å². The summed E-state index contributed by atoms with van der Waals surface area (Å²) in [4.78, 5) is 12.8. The first-order valence-electron chi connectivity index (χ1n) is 10.7. The molecule has 10 nitrogen and oxygen atoms in total. The smallest absolute Gasteiger partial charge is 0.264 e. The number of methoxy groups -OCH3 is 4. The summed E-state index contributed by atoms with van der Waals surface area (Å²) in [5, 5.41) is 3.96. The van der Waals surface area contributed by atoms with Crippen LogP contribution in [0.15, 0.2) is 76.7 Å². The maximum absolute atomic E-state index is 13.5. The highest BCUT2D eigenvalue weighted by atomic mass is 32.2. The normalized spacial score (nSPS) is 11.1. The molecule has 3 aromatic carbocycles. The largest absolute Gasteiger partial charge is 0.497 e. The van der Waals surface area contributed by atoms with Crippen molar-refractivity contribution < 1.29 is 32.2 Å². The molecule has 0 atom stereocenters. The number of nitrogens with one attached hydrogen (secondary N) is 1. The van der Waals surface area contributed by atoms with Crippen molar-refractivity contribution in [3.05, 3.63) is 72.3 Å². The first-order valence-corrected chi connectivity index (χ1v) is 12.1. The first-order chi connectivity index (χ1) is 17.3. The van der Waals surface area contributed by atoms with E-state index in [-0.39, 0.29) is 10.6 Å². The molecule has 0 aliphatic carbocycles. The number of nitrogens with zero attached hydrogens (tertiary/aromatic N) is 2. The molecule has 3 aromatic rings. The zero-order valence-corrected chi connectivity index (χ0v) is 21.1. The Morgan fingerprint density at radius 1 is 0.861 bits per heavy atom. The molecule has 1 N–H and O–H groups in total. The van der Waals surface area contributed by atoms with E-state index in [2.05, 4.69) is 10.5 Å². The second-order valence-electron chi connectivity index (χ2n) is 7.27. The van der Waals surface area contributed by atoms with Crippen molar-refractivity contribution >= 4 is 27.8 Å². The Bertz CT molecular complexity index is 1330. The van der Waals surface area contributed by atoms with Crippen molar-refractivity contribution in [2.24, 2.45) is 5.10 Å². The third-order valence-electron chi connectivity index (χ3n) is 5.11. The van der Waals surface area contributed by atoms with Crippen LogP contribution in [-0.4, -0.2) is 55.5 Å². The molecule has 11 heteroatoms. The van der Waals surface area contributed by atoms with E-state index in [4.69, 9.17) is 18.9 Å². The molecule has 0 fully saturated rings. The number of anilines is 1. The van der Waals surface area contributed by atoms with Crippen LogP contribution in [0.4, 0.5) is 5.69 Å². The number of amides is 1. The van der Waals surface area contributed by atoms with Gasteiger partial charge in [0, 0.05) is 17.7 Å². The van der Waals surface area contributed by atoms with Gasteiger partial charge in [0.15, 0.2) is 11.5 Å². The lowest BCUT2D eigenvalue weighted by Gasteiger charge is -2.24. The molecule has 0 aliphatic rings. The van der Waals surface area contributed by atoms with E-state index < -0.39 is 22.5 Å². The number of hydrazone groups is 1. The molecule has 0 heterocycles. The molecule has 0 spiro atoms. The molecule has 1 amide bonds. The molecule has 0 bridgehead atoms. The molecule has 0 saturated carbocycles. The van der Waals surface area contributed by atoms with E-state index in [9.17, 15) is 13.2 Å². The number of ether oxygens (including phenoxy) is 4.